The Morgan fingerprint density at radius 1 is 1.16 bits per heavy atom. The maximum atomic E-state index is 12.9. The van der Waals surface area contributed by atoms with E-state index in [1.54, 1.807) is 26.4 Å². The smallest absolute Gasteiger partial charge is 0.193 e. The minimum absolute atomic E-state index is 0.379. The van der Waals surface area contributed by atoms with Crippen LogP contribution in [0, 0.1) is 11.8 Å². The van der Waals surface area contributed by atoms with E-state index in [0.29, 0.717) is 33.2 Å². The predicted octanol–water partition coefficient (Wildman–Crippen LogP) is 2.63. The van der Waals surface area contributed by atoms with Gasteiger partial charge in [-0.1, -0.05) is 17.3 Å². The fourth-order valence-electron chi connectivity index (χ4n) is 4.67. The zero-order valence-corrected chi connectivity index (χ0v) is 18.4. The van der Waals surface area contributed by atoms with Gasteiger partial charge < -0.3 is 19.3 Å². The van der Waals surface area contributed by atoms with Crippen LogP contribution >= 0.6 is 0 Å². The van der Waals surface area contributed by atoms with Crippen molar-refractivity contribution in [2.75, 3.05) is 45.1 Å². The minimum atomic E-state index is -1.57. The number of benzene rings is 2. The molecule has 0 aliphatic carbocycles. The molecule has 0 amide bonds. The molecule has 3 atom stereocenters. The van der Waals surface area contributed by atoms with Crippen LogP contribution in [0.3, 0.4) is 0 Å². The lowest BCUT2D eigenvalue weighted by atomic mass is 10.0. The van der Waals surface area contributed by atoms with Crippen LogP contribution in [0.1, 0.15) is 5.56 Å². The molecule has 5 rings (SSSR count). The van der Waals surface area contributed by atoms with E-state index in [4.69, 9.17) is 14.0 Å². The molecule has 0 radical (unpaired) electrons. The average Bonchev–Trinajstić information content (AvgIpc) is 3.48. The summed E-state index contributed by atoms with van der Waals surface area (Å²) in [7, 11) is 1.61. The Hall–Kier alpha value is -2.62. The van der Waals surface area contributed by atoms with Crippen molar-refractivity contribution in [3.05, 3.63) is 42.0 Å². The lowest BCUT2D eigenvalue weighted by Gasteiger charge is -2.17. The first-order valence-corrected chi connectivity index (χ1v) is 11.5. The van der Waals surface area contributed by atoms with Gasteiger partial charge >= 0.3 is 0 Å². The molecule has 9 heteroatoms. The molecule has 3 heterocycles. The Balaban J connectivity index is 1.39. The largest absolute Gasteiger partial charge is 0.496 e. The zero-order chi connectivity index (χ0) is 21.4. The minimum Gasteiger partial charge on any atom is -0.496 e. The molecule has 2 aliphatic rings. The number of nitrogens with zero attached hydrogens (tertiary/aromatic N) is 2. The molecule has 0 bridgehead atoms. The number of anilines is 1. The summed E-state index contributed by atoms with van der Waals surface area (Å²) >= 11 is 0. The second-order valence-electron chi connectivity index (χ2n) is 8.10. The Labute approximate surface area is 183 Å². The van der Waals surface area contributed by atoms with E-state index in [2.05, 4.69) is 20.1 Å². The summed E-state index contributed by atoms with van der Waals surface area (Å²) in [4.78, 5) is 3.02. The standard InChI is InChI=1S/C22H26N4O4S/c1-28-17-5-3-4-6-20(17)31(27)25-22-21-18(29-2)7-14(8-19(21)30-24-22)11-26-12-15-9-23-10-16(15)13-26/h3-8,15-16,23H,9-13H2,1-2H3,(H,24,25). The lowest BCUT2D eigenvalue weighted by Crippen LogP contribution is -2.25. The second-order valence-corrected chi connectivity index (χ2v) is 9.28. The number of nitrogens with one attached hydrogen (secondary N) is 2. The number of para-hydroxylation sites is 1. The molecule has 8 nitrogen and oxygen atoms in total. The van der Waals surface area contributed by atoms with Gasteiger partial charge in [0.2, 0.25) is 0 Å². The Bertz CT molecular complexity index is 1110. The van der Waals surface area contributed by atoms with Crippen LogP contribution in [0.15, 0.2) is 45.8 Å². The Morgan fingerprint density at radius 3 is 2.65 bits per heavy atom. The molecule has 3 unspecified atom stereocenters. The second kappa shape index (κ2) is 8.49. The third kappa shape index (κ3) is 3.88. The third-order valence-electron chi connectivity index (χ3n) is 6.15. The topological polar surface area (TPSA) is 88.9 Å². The molecule has 1 aromatic heterocycles. The maximum absolute atomic E-state index is 12.9. The fourth-order valence-corrected chi connectivity index (χ4v) is 5.63. The maximum Gasteiger partial charge on any atom is 0.193 e. The highest BCUT2D eigenvalue weighted by Crippen LogP contribution is 2.36. The molecule has 2 aliphatic heterocycles. The molecule has 0 saturated carbocycles. The van der Waals surface area contributed by atoms with Gasteiger partial charge in [0, 0.05) is 19.6 Å². The summed E-state index contributed by atoms with van der Waals surface area (Å²) < 4.78 is 32.4. The molecule has 0 spiro atoms. The number of ether oxygens (including phenoxy) is 2. The first-order valence-electron chi connectivity index (χ1n) is 10.4. The molecule has 2 aromatic carbocycles. The molecule has 2 fully saturated rings. The number of hydrogen-bond donors (Lipinski definition) is 2. The first-order chi connectivity index (χ1) is 15.2. The van der Waals surface area contributed by atoms with Crippen LogP contribution in [0.4, 0.5) is 5.82 Å². The van der Waals surface area contributed by atoms with Gasteiger partial charge in [0.25, 0.3) is 0 Å². The summed E-state index contributed by atoms with van der Waals surface area (Å²) in [5.41, 5.74) is 1.72. The van der Waals surface area contributed by atoms with Gasteiger partial charge in [0.15, 0.2) is 22.4 Å². The summed E-state index contributed by atoms with van der Waals surface area (Å²) in [6.45, 7) is 5.29. The molecular weight excluding hydrogens is 416 g/mol. The van der Waals surface area contributed by atoms with Crippen LogP contribution in [-0.2, 0) is 17.5 Å². The van der Waals surface area contributed by atoms with Gasteiger partial charge in [0.1, 0.15) is 21.8 Å². The van der Waals surface area contributed by atoms with Gasteiger partial charge in [-0.15, -0.1) is 0 Å². The van der Waals surface area contributed by atoms with Crippen LogP contribution in [0.5, 0.6) is 11.5 Å². The van der Waals surface area contributed by atoms with E-state index in [-0.39, 0.29) is 0 Å². The van der Waals surface area contributed by atoms with Crippen molar-refractivity contribution in [2.24, 2.45) is 11.8 Å². The number of likely N-dealkylation sites (tertiary alicyclic amines) is 1. The SMILES string of the molecule is COc1ccccc1S(=O)Nc1noc2cc(CN3CC4CNCC4C3)cc(OC)c12. The predicted molar refractivity (Wildman–Crippen MR) is 119 cm³/mol. The van der Waals surface area contributed by atoms with Gasteiger partial charge in [-0.2, -0.15) is 0 Å². The Kier molecular flexibility index (Phi) is 5.56. The van der Waals surface area contributed by atoms with Crippen molar-refractivity contribution in [1.29, 1.82) is 0 Å². The number of fused-ring (bicyclic) bond motifs is 2. The van der Waals surface area contributed by atoms with E-state index in [1.165, 1.54) is 0 Å². The fraction of sp³-hybridized carbons (Fsp3) is 0.409. The lowest BCUT2D eigenvalue weighted by molar-refractivity contribution is 0.305. The summed E-state index contributed by atoms with van der Waals surface area (Å²) in [6.07, 6.45) is 0. The van der Waals surface area contributed by atoms with E-state index < -0.39 is 11.0 Å². The number of aromatic nitrogens is 1. The molecule has 2 saturated heterocycles. The quantitative estimate of drug-likeness (QED) is 0.581. The molecule has 164 valence electrons. The third-order valence-corrected chi connectivity index (χ3v) is 7.26. The Morgan fingerprint density at radius 2 is 1.90 bits per heavy atom. The van der Waals surface area contributed by atoms with E-state index in [9.17, 15) is 4.21 Å². The van der Waals surface area contributed by atoms with E-state index >= 15 is 0 Å². The summed E-state index contributed by atoms with van der Waals surface area (Å²) in [6, 6.07) is 11.2. The van der Waals surface area contributed by atoms with Crippen LogP contribution < -0.4 is 19.5 Å². The highest BCUT2D eigenvalue weighted by molar-refractivity contribution is 7.86. The van der Waals surface area contributed by atoms with Crippen molar-refractivity contribution in [1.82, 2.24) is 15.4 Å². The van der Waals surface area contributed by atoms with Crippen molar-refractivity contribution in [2.45, 2.75) is 11.4 Å². The van der Waals surface area contributed by atoms with Crippen LogP contribution in [0.25, 0.3) is 11.0 Å². The van der Waals surface area contributed by atoms with Crippen molar-refractivity contribution >= 4 is 27.8 Å². The van der Waals surface area contributed by atoms with Crippen molar-refractivity contribution in [3.8, 4) is 11.5 Å². The highest BCUT2D eigenvalue weighted by atomic mass is 32.2. The molecular formula is C22H26N4O4S. The highest BCUT2D eigenvalue weighted by Gasteiger charge is 2.36. The van der Waals surface area contributed by atoms with Crippen LogP contribution in [0.2, 0.25) is 0 Å². The van der Waals surface area contributed by atoms with Gasteiger partial charge in [-0.3, -0.25) is 9.62 Å². The average molecular weight is 443 g/mol. The van der Waals surface area contributed by atoms with Crippen LogP contribution in [-0.4, -0.2) is 54.7 Å². The number of methoxy groups -OCH3 is 2. The zero-order valence-electron chi connectivity index (χ0n) is 17.6. The van der Waals surface area contributed by atoms with Gasteiger partial charge in [-0.05, 0) is 54.8 Å². The number of hydrogen-bond acceptors (Lipinski definition) is 7. The summed E-state index contributed by atoms with van der Waals surface area (Å²) in [5.74, 6) is 3.06. The molecule has 2 N–H and O–H groups in total. The first kappa shape index (κ1) is 20.3. The van der Waals surface area contributed by atoms with Gasteiger partial charge in [-0.25, -0.2) is 4.21 Å². The number of rotatable bonds is 7. The monoisotopic (exact) mass is 442 g/mol. The van der Waals surface area contributed by atoms with Crippen molar-refractivity contribution in [3.63, 3.8) is 0 Å². The molecule has 3 aromatic rings. The van der Waals surface area contributed by atoms with E-state index in [0.717, 1.165) is 50.1 Å². The van der Waals surface area contributed by atoms with Crippen molar-refractivity contribution < 1.29 is 18.2 Å². The normalized spacial score (nSPS) is 21.9. The summed E-state index contributed by atoms with van der Waals surface area (Å²) in [5, 5.41) is 8.28. The van der Waals surface area contributed by atoms with Gasteiger partial charge in [0.05, 0.1) is 14.2 Å². The van der Waals surface area contributed by atoms with E-state index in [1.807, 2.05) is 24.3 Å². The molecule has 31 heavy (non-hydrogen) atoms.